The third-order valence-electron chi connectivity index (χ3n) is 4.26. The number of carbonyl (C=O) groups is 3. The lowest BCUT2D eigenvalue weighted by Gasteiger charge is -2.12. The predicted octanol–water partition coefficient (Wildman–Crippen LogP) is 4.09. The molecule has 6 heteroatoms. The van der Waals surface area contributed by atoms with Crippen LogP contribution >= 0.6 is 11.6 Å². The summed E-state index contributed by atoms with van der Waals surface area (Å²) in [6.07, 6.45) is 1.63. The molecule has 2 aromatic carbocycles. The van der Waals surface area contributed by atoms with E-state index in [4.69, 9.17) is 16.3 Å². The third kappa shape index (κ3) is 3.48. The van der Waals surface area contributed by atoms with Crippen LogP contribution in [0, 0.1) is 0 Å². The lowest BCUT2D eigenvalue weighted by molar-refractivity contribution is 0.0472. The van der Waals surface area contributed by atoms with Crippen LogP contribution in [0.2, 0.25) is 5.02 Å². The number of ether oxygens (including phenoxy) is 1. The summed E-state index contributed by atoms with van der Waals surface area (Å²) < 4.78 is 5.28. The molecule has 0 spiro atoms. The van der Waals surface area contributed by atoms with Crippen molar-refractivity contribution in [1.82, 2.24) is 4.90 Å². The highest BCUT2D eigenvalue weighted by Crippen LogP contribution is 2.25. The van der Waals surface area contributed by atoms with Gasteiger partial charge in [0, 0.05) is 17.1 Å². The molecule has 0 unspecified atom stereocenters. The van der Waals surface area contributed by atoms with Crippen molar-refractivity contribution < 1.29 is 19.1 Å². The van der Waals surface area contributed by atoms with E-state index in [1.807, 2.05) is 6.92 Å². The number of hydrogen-bond donors (Lipinski definition) is 0. The number of hydrogen-bond acceptors (Lipinski definition) is 4. The number of halogens is 1. The number of nitrogens with zero attached hydrogens (tertiary/aromatic N) is 1. The van der Waals surface area contributed by atoms with Crippen LogP contribution in [0.25, 0.3) is 0 Å². The molecular formula is C20H18ClNO4. The smallest absolute Gasteiger partial charge is 0.338 e. The van der Waals surface area contributed by atoms with Gasteiger partial charge in [-0.25, -0.2) is 4.79 Å². The Morgan fingerprint density at radius 2 is 1.81 bits per heavy atom. The summed E-state index contributed by atoms with van der Waals surface area (Å²) in [4.78, 5) is 38.3. The van der Waals surface area contributed by atoms with Crippen molar-refractivity contribution in [3.05, 3.63) is 69.7 Å². The Kier molecular flexibility index (Phi) is 5.38. The summed E-state index contributed by atoms with van der Waals surface area (Å²) in [7, 11) is 0. The van der Waals surface area contributed by atoms with Gasteiger partial charge in [0.15, 0.2) is 0 Å². The van der Waals surface area contributed by atoms with E-state index in [-0.39, 0.29) is 29.5 Å². The number of rotatable bonds is 6. The second kappa shape index (κ2) is 7.70. The number of benzene rings is 2. The highest BCUT2D eigenvalue weighted by atomic mass is 35.5. The summed E-state index contributed by atoms with van der Waals surface area (Å²) in [6, 6.07) is 11.5. The minimum absolute atomic E-state index is 0.0328. The van der Waals surface area contributed by atoms with Gasteiger partial charge in [0.25, 0.3) is 11.8 Å². The zero-order valence-corrected chi connectivity index (χ0v) is 15.1. The van der Waals surface area contributed by atoms with Crippen LogP contribution in [0.3, 0.4) is 0 Å². The number of carbonyl (C=O) groups excluding carboxylic acids is 3. The quantitative estimate of drug-likeness (QED) is 0.566. The van der Waals surface area contributed by atoms with Crippen molar-refractivity contribution in [2.75, 3.05) is 6.54 Å². The largest absolute Gasteiger partial charge is 0.457 e. The summed E-state index contributed by atoms with van der Waals surface area (Å²) in [5, 5.41) is 0.515. The van der Waals surface area contributed by atoms with Crippen LogP contribution in [0.1, 0.15) is 56.4 Å². The maximum Gasteiger partial charge on any atom is 0.338 e. The first-order valence-corrected chi connectivity index (χ1v) is 8.81. The van der Waals surface area contributed by atoms with E-state index in [1.165, 1.54) is 23.1 Å². The van der Waals surface area contributed by atoms with Gasteiger partial charge in [-0.2, -0.15) is 0 Å². The Hall–Kier alpha value is -2.66. The normalized spacial score (nSPS) is 13.1. The summed E-state index contributed by atoms with van der Waals surface area (Å²) in [5.74, 6) is -1.24. The summed E-state index contributed by atoms with van der Waals surface area (Å²) >= 11 is 6.04. The molecule has 3 rings (SSSR count). The van der Waals surface area contributed by atoms with Crippen molar-refractivity contribution >= 4 is 29.4 Å². The summed E-state index contributed by atoms with van der Waals surface area (Å²) in [6.45, 7) is 2.41. The third-order valence-corrected chi connectivity index (χ3v) is 4.63. The molecule has 0 bridgehead atoms. The van der Waals surface area contributed by atoms with Gasteiger partial charge in [0.1, 0.15) is 6.61 Å². The fourth-order valence-corrected chi connectivity index (χ4v) is 2.97. The molecule has 2 aromatic rings. The molecule has 0 radical (unpaired) electrons. The van der Waals surface area contributed by atoms with Crippen molar-refractivity contribution in [3.63, 3.8) is 0 Å². The standard InChI is InChI=1S/C20H18ClNO4/c1-2-3-10-22-18(23)15-9-8-13(11-16(15)19(22)24)20(25)26-12-14-6-4-5-7-17(14)21/h4-9,11H,2-3,10,12H2,1H3. The van der Waals surface area contributed by atoms with Crippen LogP contribution in [-0.2, 0) is 11.3 Å². The summed E-state index contributed by atoms with van der Waals surface area (Å²) in [5.41, 5.74) is 1.50. The van der Waals surface area contributed by atoms with Crippen molar-refractivity contribution in [1.29, 1.82) is 0 Å². The molecule has 1 aliphatic heterocycles. The molecule has 0 saturated heterocycles. The van der Waals surface area contributed by atoms with Crippen molar-refractivity contribution in [2.45, 2.75) is 26.4 Å². The van der Waals surface area contributed by atoms with Crippen molar-refractivity contribution in [3.8, 4) is 0 Å². The van der Waals surface area contributed by atoms with Crippen LogP contribution in [0.15, 0.2) is 42.5 Å². The molecule has 0 aromatic heterocycles. The number of fused-ring (bicyclic) bond motifs is 1. The number of imide groups is 1. The van der Waals surface area contributed by atoms with Crippen LogP contribution in [0.5, 0.6) is 0 Å². The van der Waals surface area contributed by atoms with Gasteiger partial charge >= 0.3 is 5.97 Å². The first-order valence-electron chi connectivity index (χ1n) is 8.43. The molecule has 5 nitrogen and oxygen atoms in total. The topological polar surface area (TPSA) is 63.7 Å². The molecule has 0 saturated carbocycles. The Morgan fingerprint density at radius 1 is 1.08 bits per heavy atom. The van der Waals surface area contributed by atoms with Gasteiger partial charge in [0.05, 0.1) is 16.7 Å². The molecule has 2 amide bonds. The first-order chi connectivity index (χ1) is 12.5. The zero-order valence-electron chi connectivity index (χ0n) is 14.3. The molecule has 134 valence electrons. The average Bonchev–Trinajstić information content (AvgIpc) is 2.89. The van der Waals surface area contributed by atoms with E-state index in [1.54, 1.807) is 24.3 Å². The maximum atomic E-state index is 12.4. The molecular weight excluding hydrogens is 354 g/mol. The minimum atomic E-state index is -0.569. The van der Waals surface area contributed by atoms with Crippen LogP contribution in [-0.4, -0.2) is 29.2 Å². The van der Waals surface area contributed by atoms with Gasteiger partial charge in [-0.1, -0.05) is 43.1 Å². The van der Waals surface area contributed by atoms with Gasteiger partial charge in [0.2, 0.25) is 0 Å². The van der Waals surface area contributed by atoms with Crippen LogP contribution < -0.4 is 0 Å². The Labute approximate surface area is 156 Å². The monoisotopic (exact) mass is 371 g/mol. The number of esters is 1. The van der Waals surface area contributed by atoms with E-state index < -0.39 is 5.97 Å². The Morgan fingerprint density at radius 3 is 2.54 bits per heavy atom. The molecule has 0 N–H and O–H groups in total. The Bertz CT molecular complexity index is 878. The molecule has 1 heterocycles. The SMILES string of the molecule is CCCCN1C(=O)c2ccc(C(=O)OCc3ccccc3Cl)cc2C1=O. The second-order valence-electron chi connectivity index (χ2n) is 6.04. The van der Waals surface area contributed by atoms with E-state index in [9.17, 15) is 14.4 Å². The molecule has 0 aliphatic carbocycles. The van der Waals surface area contributed by atoms with E-state index in [0.29, 0.717) is 22.7 Å². The van der Waals surface area contributed by atoms with Gasteiger partial charge in [-0.05, 0) is 30.7 Å². The van der Waals surface area contributed by atoms with E-state index >= 15 is 0 Å². The molecule has 0 fully saturated rings. The van der Waals surface area contributed by atoms with Crippen molar-refractivity contribution in [2.24, 2.45) is 0 Å². The lowest BCUT2D eigenvalue weighted by atomic mass is 10.1. The molecule has 26 heavy (non-hydrogen) atoms. The zero-order chi connectivity index (χ0) is 18.7. The van der Waals surface area contributed by atoms with Crippen LogP contribution in [0.4, 0.5) is 0 Å². The highest BCUT2D eigenvalue weighted by molar-refractivity contribution is 6.31. The number of unbranched alkanes of at least 4 members (excludes halogenated alkanes) is 1. The van der Waals surface area contributed by atoms with Gasteiger partial charge in [-0.15, -0.1) is 0 Å². The molecule has 1 aliphatic rings. The minimum Gasteiger partial charge on any atom is -0.457 e. The Balaban J connectivity index is 1.74. The fourth-order valence-electron chi connectivity index (χ4n) is 2.78. The molecule has 0 atom stereocenters. The van der Waals surface area contributed by atoms with Gasteiger partial charge in [-0.3, -0.25) is 14.5 Å². The second-order valence-corrected chi connectivity index (χ2v) is 6.45. The maximum absolute atomic E-state index is 12.4. The lowest BCUT2D eigenvalue weighted by Crippen LogP contribution is -2.30. The fraction of sp³-hybridized carbons (Fsp3) is 0.250. The highest BCUT2D eigenvalue weighted by Gasteiger charge is 2.35. The first kappa shape index (κ1) is 18.1. The van der Waals surface area contributed by atoms with E-state index in [2.05, 4.69) is 0 Å². The average molecular weight is 372 g/mol. The van der Waals surface area contributed by atoms with E-state index in [0.717, 1.165) is 12.8 Å². The number of amides is 2. The predicted molar refractivity (Wildman–Crippen MR) is 97.3 cm³/mol. The van der Waals surface area contributed by atoms with Gasteiger partial charge < -0.3 is 4.74 Å².